The van der Waals surface area contributed by atoms with Crippen LogP contribution < -0.4 is 15.0 Å². The van der Waals surface area contributed by atoms with Crippen LogP contribution >= 0.6 is 11.6 Å². The maximum Gasteiger partial charge on any atom is 0.262 e. The Hall–Kier alpha value is -2.78. The van der Waals surface area contributed by atoms with Crippen molar-refractivity contribution in [2.24, 2.45) is 0 Å². The number of sulfone groups is 1. The minimum absolute atomic E-state index is 0.0496. The van der Waals surface area contributed by atoms with Crippen molar-refractivity contribution >= 4 is 44.6 Å². The van der Waals surface area contributed by atoms with Crippen LogP contribution in [0.15, 0.2) is 41.3 Å². The maximum absolute atomic E-state index is 13.1. The molecule has 176 valence electrons. The number of aryl methyl sites for hydroxylation is 1. The van der Waals surface area contributed by atoms with Gasteiger partial charge in [-0.2, -0.15) is 0 Å². The molecule has 0 spiro atoms. The first-order valence-corrected chi connectivity index (χ1v) is 12.7. The van der Waals surface area contributed by atoms with Crippen LogP contribution in [-0.2, 0) is 19.4 Å². The van der Waals surface area contributed by atoms with E-state index in [0.717, 1.165) is 11.3 Å². The van der Waals surface area contributed by atoms with Crippen LogP contribution in [-0.4, -0.2) is 63.2 Å². The zero-order valence-electron chi connectivity index (χ0n) is 18.5. The van der Waals surface area contributed by atoms with Gasteiger partial charge in [0.2, 0.25) is 5.91 Å². The minimum atomic E-state index is -3.77. The fourth-order valence-corrected chi connectivity index (χ4v) is 5.61. The number of ether oxygens (including phenoxy) is 1. The lowest BCUT2D eigenvalue weighted by atomic mass is 10.1. The number of piperazine rings is 1. The predicted molar refractivity (Wildman–Crippen MR) is 127 cm³/mol. The number of amides is 2. The molecule has 2 aromatic carbocycles. The fraction of sp³-hybridized carbons (Fsp3) is 0.391. The summed E-state index contributed by atoms with van der Waals surface area (Å²) in [6, 6.07) is 10.1. The van der Waals surface area contributed by atoms with Crippen LogP contribution in [0.25, 0.3) is 0 Å². The number of carbonyl (C=O) groups excluding carboxylic acids is 2. The first-order valence-electron chi connectivity index (χ1n) is 10.7. The zero-order chi connectivity index (χ0) is 23.8. The molecule has 0 saturated carbocycles. The summed E-state index contributed by atoms with van der Waals surface area (Å²) < 4.78 is 31.4. The molecule has 1 saturated heterocycles. The topological polar surface area (TPSA) is 96.0 Å². The van der Waals surface area contributed by atoms with Crippen molar-refractivity contribution in [3.05, 3.63) is 47.0 Å². The third-order valence-electron chi connectivity index (χ3n) is 6.05. The van der Waals surface area contributed by atoms with Gasteiger partial charge >= 0.3 is 0 Å². The molecular weight excluding hydrogens is 466 g/mol. The van der Waals surface area contributed by atoms with Crippen molar-refractivity contribution in [3.63, 3.8) is 0 Å². The van der Waals surface area contributed by atoms with Gasteiger partial charge in [0.05, 0.1) is 15.8 Å². The molecule has 1 N–H and O–H groups in total. The van der Waals surface area contributed by atoms with E-state index >= 15 is 0 Å². The van der Waals surface area contributed by atoms with Crippen molar-refractivity contribution < 1.29 is 22.7 Å². The van der Waals surface area contributed by atoms with E-state index in [-0.39, 0.29) is 29.7 Å². The van der Waals surface area contributed by atoms with Crippen molar-refractivity contribution in [1.29, 1.82) is 0 Å². The van der Waals surface area contributed by atoms with Gasteiger partial charge < -0.3 is 19.9 Å². The number of hydrogen-bond acceptors (Lipinski definition) is 6. The van der Waals surface area contributed by atoms with Crippen LogP contribution in [0.3, 0.4) is 0 Å². The molecule has 0 bridgehead atoms. The van der Waals surface area contributed by atoms with Crippen molar-refractivity contribution in [2.45, 2.75) is 30.4 Å². The fourth-order valence-electron chi connectivity index (χ4n) is 4.08. The van der Waals surface area contributed by atoms with Gasteiger partial charge in [-0.05, 0) is 49.7 Å². The Labute approximate surface area is 198 Å². The van der Waals surface area contributed by atoms with Crippen LogP contribution in [0, 0.1) is 6.92 Å². The second-order valence-corrected chi connectivity index (χ2v) is 11.2. The standard InChI is InChI=1S/C23H26ClN3O5S/c1-15-3-4-17(24)12-20(15)26-7-9-27(10-8-26)23(29)11-16(2)33(30,31)18-5-6-21-19(13-18)25-22(28)14-32-21/h3-6,12-13,16H,7-11,14H2,1-2H3,(H,25,28)/t16-/m0/s1. The summed E-state index contributed by atoms with van der Waals surface area (Å²) in [5.41, 5.74) is 2.48. The van der Waals surface area contributed by atoms with Crippen molar-refractivity contribution in [2.75, 3.05) is 43.0 Å². The molecule has 0 unspecified atom stereocenters. The zero-order valence-corrected chi connectivity index (χ0v) is 20.1. The molecule has 2 aliphatic rings. The summed E-state index contributed by atoms with van der Waals surface area (Å²) in [6.07, 6.45) is -0.113. The summed E-state index contributed by atoms with van der Waals surface area (Å²) in [7, 11) is -3.77. The number of fused-ring (bicyclic) bond motifs is 1. The molecule has 2 aromatic rings. The monoisotopic (exact) mass is 491 g/mol. The summed E-state index contributed by atoms with van der Waals surface area (Å²) >= 11 is 6.14. The molecule has 10 heteroatoms. The summed E-state index contributed by atoms with van der Waals surface area (Å²) in [5, 5.41) is 2.37. The largest absolute Gasteiger partial charge is 0.482 e. The molecule has 0 aliphatic carbocycles. The van der Waals surface area contributed by atoms with E-state index < -0.39 is 15.1 Å². The van der Waals surface area contributed by atoms with E-state index in [0.29, 0.717) is 42.6 Å². The highest BCUT2D eigenvalue weighted by molar-refractivity contribution is 7.92. The van der Waals surface area contributed by atoms with Crippen LogP contribution in [0.2, 0.25) is 5.02 Å². The lowest BCUT2D eigenvalue weighted by Gasteiger charge is -2.37. The Morgan fingerprint density at radius 2 is 1.88 bits per heavy atom. The van der Waals surface area contributed by atoms with Crippen molar-refractivity contribution in [3.8, 4) is 5.75 Å². The average Bonchev–Trinajstić information content (AvgIpc) is 2.80. The van der Waals surface area contributed by atoms with Crippen LogP contribution in [0.1, 0.15) is 18.9 Å². The van der Waals surface area contributed by atoms with E-state index in [9.17, 15) is 18.0 Å². The highest BCUT2D eigenvalue weighted by Gasteiger charge is 2.30. The molecular formula is C23H26ClN3O5S. The quantitative estimate of drug-likeness (QED) is 0.691. The molecule has 0 aromatic heterocycles. The number of carbonyl (C=O) groups is 2. The van der Waals surface area contributed by atoms with Gasteiger partial charge in [0.25, 0.3) is 5.91 Å². The van der Waals surface area contributed by atoms with Gasteiger partial charge in [0, 0.05) is 43.3 Å². The average molecular weight is 492 g/mol. The van der Waals surface area contributed by atoms with Crippen LogP contribution in [0.4, 0.5) is 11.4 Å². The van der Waals surface area contributed by atoms with Gasteiger partial charge in [-0.1, -0.05) is 17.7 Å². The molecule has 1 fully saturated rings. The van der Waals surface area contributed by atoms with E-state index in [1.54, 1.807) is 4.90 Å². The van der Waals surface area contributed by atoms with Gasteiger partial charge in [-0.15, -0.1) is 0 Å². The minimum Gasteiger partial charge on any atom is -0.482 e. The molecule has 1 atom stereocenters. The highest BCUT2D eigenvalue weighted by Crippen LogP contribution is 2.32. The number of halogens is 1. The van der Waals surface area contributed by atoms with E-state index in [1.165, 1.54) is 25.1 Å². The van der Waals surface area contributed by atoms with E-state index in [2.05, 4.69) is 10.2 Å². The highest BCUT2D eigenvalue weighted by atomic mass is 35.5. The second-order valence-electron chi connectivity index (χ2n) is 8.35. The molecule has 2 aliphatic heterocycles. The predicted octanol–water partition coefficient (Wildman–Crippen LogP) is 2.88. The lowest BCUT2D eigenvalue weighted by Crippen LogP contribution is -2.49. The summed E-state index contributed by atoms with van der Waals surface area (Å²) in [5.74, 6) is -0.111. The summed E-state index contributed by atoms with van der Waals surface area (Å²) in [4.78, 5) is 28.4. The number of rotatable bonds is 5. The maximum atomic E-state index is 13.1. The van der Waals surface area contributed by atoms with Crippen LogP contribution in [0.5, 0.6) is 5.75 Å². The SMILES string of the molecule is Cc1ccc(Cl)cc1N1CCN(C(=O)C[C@H](C)S(=O)(=O)c2ccc3c(c2)NC(=O)CO3)CC1. The van der Waals surface area contributed by atoms with Gasteiger partial charge in [-0.3, -0.25) is 9.59 Å². The number of hydrogen-bond donors (Lipinski definition) is 1. The number of benzene rings is 2. The van der Waals surface area contributed by atoms with E-state index in [1.807, 2.05) is 25.1 Å². The Bertz CT molecular complexity index is 1190. The Morgan fingerprint density at radius 1 is 1.15 bits per heavy atom. The number of nitrogens with one attached hydrogen (secondary N) is 1. The molecule has 33 heavy (non-hydrogen) atoms. The van der Waals surface area contributed by atoms with Gasteiger partial charge in [-0.25, -0.2) is 8.42 Å². The molecule has 2 heterocycles. The smallest absolute Gasteiger partial charge is 0.262 e. The molecule has 0 radical (unpaired) electrons. The molecule has 4 rings (SSSR count). The Kier molecular flexibility index (Phi) is 6.54. The molecule has 8 nitrogen and oxygen atoms in total. The number of anilines is 2. The third-order valence-corrected chi connectivity index (χ3v) is 8.42. The van der Waals surface area contributed by atoms with Gasteiger partial charge in [0.1, 0.15) is 5.75 Å². The first kappa shape index (κ1) is 23.4. The van der Waals surface area contributed by atoms with E-state index in [4.69, 9.17) is 16.3 Å². The second kappa shape index (κ2) is 9.23. The van der Waals surface area contributed by atoms with Crippen molar-refractivity contribution in [1.82, 2.24) is 4.90 Å². The first-order chi connectivity index (χ1) is 15.6. The number of nitrogens with zero attached hydrogens (tertiary/aromatic N) is 2. The lowest BCUT2D eigenvalue weighted by molar-refractivity contribution is -0.131. The van der Waals surface area contributed by atoms with Gasteiger partial charge in [0.15, 0.2) is 16.4 Å². The summed E-state index contributed by atoms with van der Waals surface area (Å²) in [6.45, 7) is 5.78. The normalized spacial score (nSPS) is 17.1. The Morgan fingerprint density at radius 3 is 2.61 bits per heavy atom. The third kappa shape index (κ3) is 4.94. The molecule has 2 amide bonds. The Balaban J connectivity index is 1.39.